The summed E-state index contributed by atoms with van der Waals surface area (Å²) in [5, 5.41) is 13.3. The fraction of sp³-hybridized carbons (Fsp3) is 0.500. The number of hydrogen-bond acceptors (Lipinski definition) is 5. The average Bonchev–Trinajstić information content (AvgIpc) is 3.05. The van der Waals surface area contributed by atoms with Crippen molar-refractivity contribution in [2.45, 2.75) is 19.4 Å². The van der Waals surface area contributed by atoms with E-state index < -0.39 is 0 Å². The molecule has 6 nitrogen and oxygen atoms in total. The molecule has 1 aromatic carbocycles. The Labute approximate surface area is 141 Å². The summed E-state index contributed by atoms with van der Waals surface area (Å²) in [5.74, 6) is -0.214. The summed E-state index contributed by atoms with van der Waals surface area (Å²) < 4.78 is 10.8. The summed E-state index contributed by atoms with van der Waals surface area (Å²) >= 11 is 0. The molecule has 2 heterocycles. The molecule has 1 aromatic heterocycles. The van der Waals surface area contributed by atoms with E-state index in [1.807, 2.05) is 18.2 Å². The SMILES string of the molecule is CCc1ccc2occ(C(=O)N[C@H](CO)CN3CCOCC3)c2c1. The highest BCUT2D eigenvalue weighted by atomic mass is 16.5. The van der Waals surface area contributed by atoms with E-state index >= 15 is 0 Å². The second-order valence-electron chi connectivity index (χ2n) is 6.10. The molecular formula is C18H24N2O4. The Balaban J connectivity index is 1.70. The number of aryl methyl sites for hydroxylation is 1. The van der Waals surface area contributed by atoms with Crippen molar-refractivity contribution in [3.8, 4) is 0 Å². The maximum Gasteiger partial charge on any atom is 0.255 e. The first-order valence-electron chi connectivity index (χ1n) is 8.43. The lowest BCUT2D eigenvalue weighted by Crippen LogP contribution is -2.48. The zero-order valence-electron chi connectivity index (χ0n) is 14.0. The lowest BCUT2D eigenvalue weighted by molar-refractivity contribution is 0.0297. The number of rotatable bonds is 6. The van der Waals surface area contributed by atoms with Crippen molar-refractivity contribution < 1.29 is 19.1 Å². The fourth-order valence-electron chi connectivity index (χ4n) is 2.98. The predicted octanol–water partition coefficient (Wildman–Crippen LogP) is 1.42. The Hall–Kier alpha value is -1.89. The molecule has 1 amide bonds. The molecule has 1 saturated heterocycles. The molecule has 0 unspecified atom stereocenters. The third-order valence-electron chi connectivity index (χ3n) is 4.43. The van der Waals surface area contributed by atoms with E-state index in [-0.39, 0.29) is 18.6 Å². The van der Waals surface area contributed by atoms with Crippen LogP contribution in [-0.2, 0) is 11.2 Å². The smallest absolute Gasteiger partial charge is 0.255 e. The molecule has 6 heteroatoms. The quantitative estimate of drug-likeness (QED) is 0.837. The van der Waals surface area contributed by atoms with E-state index in [0.717, 1.165) is 30.5 Å². The van der Waals surface area contributed by atoms with Crippen LogP contribution in [0.15, 0.2) is 28.9 Å². The third kappa shape index (κ3) is 3.77. The Bertz CT molecular complexity index is 691. The summed E-state index contributed by atoms with van der Waals surface area (Å²) in [6, 6.07) is 5.57. The van der Waals surface area contributed by atoms with Crippen LogP contribution in [-0.4, -0.2) is 61.4 Å². The van der Waals surface area contributed by atoms with Crippen LogP contribution in [0.3, 0.4) is 0 Å². The summed E-state index contributed by atoms with van der Waals surface area (Å²) in [5.41, 5.74) is 2.37. The predicted molar refractivity (Wildman–Crippen MR) is 91.2 cm³/mol. The van der Waals surface area contributed by atoms with E-state index in [1.54, 1.807) is 0 Å². The minimum atomic E-state index is -0.310. The first-order chi connectivity index (χ1) is 11.7. The molecule has 0 bridgehead atoms. The molecule has 0 spiro atoms. The van der Waals surface area contributed by atoms with Gasteiger partial charge in [0.1, 0.15) is 11.8 Å². The number of aliphatic hydroxyl groups excluding tert-OH is 1. The van der Waals surface area contributed by atoms with E-state index in [9.17, 15) is 9.90 Å². The lowest BCUT2D eigenvalue weighted by Gasteiger charge is -2.30. The van der Waals surface area contributed by atoms with Crippen LogP contribution >= 0.6 is 0 Å². The zero-order valence-corrected chi connectivity index (χ0v) is 14.0. The molecule has 0 saturated carbocycles. The van der Waals surface area contributed by atoms with Gasteiger partial charge in [-0.3, -0.25) is 9.69 Å². The molecule has 3 rings (SSSR count). The largest absolute Gasteiger partial charge is 0.463 e. The van der Waals surface area contributed by atoms with Crippen LogP contribution in [0, 0.1) is 0 Å². The van der Waals surface area contributed by atoms with E-state index in [1.165, 1.54) is 6.26 Å². The van der Waals surface area contributed by atoms with Crippen molar-refractivity contribution >= 4 is 16.9 Å². The molecule has 2 aromatic rings. The topological polar surface area (TPSA) is 74.9 Å². The molecule has 0 radical (unpaired) electrons. The summed E-state index contributed by atoms with van der Waals surface area (Å²) in [7, 11) is 0. The maximum absolute atomic E-state index is 12.6. The van der Waals surface area contributed by atoms with Crippen LogP contribution in [0.4, 0.5) is 0 Å². The van der Waals surface area contributed by atoms with Crippen LogP contribution in [0.2, 0.25) is 0 Å². The van der Waals surface area contributed by atoms with Gasteiger partial charge in [0.05, 0.1) is 31.4 Å². The van der Waals surface area contributed by atoms with Gasteiger partial charge in [-0.15, -0.1) is 0 Å². The van der Waals surface area contributed by atoms with Gasteiger partial charge in [-0.25, -0.2) is 0 Å². The third-order valence-corrected chi connectivity index (χ3v) is 4.43. The molecule has 130 valence electrons. The van der Waals surface area contributed by atoms with Gasteiger partial charge in [-0.2, -0.15) is 0 Å². The number of ether oxygens (including phenoxy) is 1. The summed E-state index contributed by atoms with van der Waals surface area (Å²) in [4.78, 5) is 14.8. The van der Waals surface area contributed by atoms with Gasteiger partial charge >= 0.3 is 0 Å². The molecule has 1 aliphatic heterocycles. The highest BCUT2D eigenvalue weighted by molar-refractivity contribution is 6.06. The number of furan rings is 1. The van der Waals surface area contributed by atoms with Gasteiger partial charge < -0.3 is 19.6 Å². The number of benzene rings is 1. The van der Waals surface area contributed by atoms with Crippen LogP contribution < -0.4 is 5.32 Å². The van der Waals surface area contributed by atoms with Crippen molar-refractivity contribution in [2.24, 2.45) is 0 Å². The molecule has 1 atom stereocenters. The van der Waals surface area contributed by atoms with Crippen LogP contribution in [0.5, 0.6) is 0 Å². The molecule has 1 aliphatic rings. The number of nitrogens with zero attached hydrogens (tertiary/aromatic N) is 1. The number of fused-ring (bicyclic) bond motifs is 1. The normalized spacial score (nSPS) is 17.1. The number of nitrogens with one attached hydrogen (secondary N) is 1. The standard InChI is InChI=1S/C18H24N2O4/c1-2-13-3-4-17-15(9-13)16(12-24-17)18(22)19-14(11-21)10-20-5-7-23-8-6-20/h3-4,9,12,14,21H,2,5-8,10-11H2,1H3,(H,19,22)/t14-/m0/s1. The number of carbonyl (C=O) groups excluding carboxylic acids is 1. The number of hydrogen-bond donors (Lipinski definition) is 2. The Morgan fingerprint density at radius 2 is 2.17 bits per heavy atom. The Morgan fingerprint density at radius 1 is 1.38 bits per heavy atom. The highest BCUT2D eigenvalue weighted by Crippen LogP contribution is 2.23. The van der Waals surface area contributed by atoms with Crippen molar-refractivity contribution in [3.05, 3.63) is 35.6 Å². The minimum Gasteiger partial charge on any atom is -0.463 e. The molecular weight excluding hydrogens is 308 g/mol. The number of aliphatic hydroxyl groups is 1. The molecule has 2 N–H and O–H groups in total. The maximum atomic E-state index is 12.6. The summed E-state index contributed by atoms with van der Waals surface area (Å²) in [6.45, 7) is 5.62. The Kier molecular flexibility index (Phi) is 5.50. The van der Waals surface area contributed by atoms with E-state index in [0.29, 0.717) is 30.9 Å². The van der Waals surface area contributed by atoms with E-state index in [2.05, 4.69) is 17.1 Å². The van der Waals surface area contributed by atoms with Crippen molar-refractivity contribution in [1.82, 2.24) is 10.2 Å². The van der Waals surface area contributed by atoms with Crippen molar-refractivity contribution in [1.29, 1.82) is 0 Å². The first-order valence-corrected chi connectivity index (χ1v) is 8.43. The van der Waals surface area contributed by atoms with Crippen LogP contribution in [0.25, 0.3) is 11.0 Å². The summed E-state index contributed by atoms with van der Waals surface area (Å²) in [6.07, 6.45) is 2.39. The van der Waals surface area contributed by atoms with Crippen LogP contribution in [0.1, 0.15) is 22.8 Å². The number of morpholine rings is 1. The molecule has 24 heavy (non-hydrogen) atoms. The zero-order chi connectivity index (χ0) is 16.9. The number of carbonyl (C=O) groups is 1. The Morgan fingerprint density at radius 3 is 2.88 bits per heavy atom. The van der Waals surface area contributed by atoms with E-state index in [4.69, 9.17) is 9.15 Å². The molecule has 1 fully saturated rings. The highest BCUT2D eigenvalue weighted by Gasteiger charge is 2.21. The first kappa shape index (κ1) is 17.0. The fourth-order valence-corrected chi connectivity index (χ4v) is 2.98. The van der Waals surface area contributed by atoms with Gasteiger partial charge in [0.25, 0.3) is 5.91 Å². The van der Waals surface area contributed by atoms with Crippen molar-refractivity contribution in [2.75, 3.05) is 39.5 Å². The number of amides is 1. The average molecular weight is 332 g/mol. The van der Waals surface area contributed by atoms with Gasteiger partial charge in [0.2, 0.25) is 0 Å². The van der Waals surface area contributed by atoms with Gasteiger partial charge in [-0.05, 0) is 24.1 Å². The van der Waals surface area contributed by atoms with Gasteiger partial charge in [-0.1, -0.05) is 13.0 Å². The monoisotopic (exact) mass is 332 g/mol. The van der Waals surface area contributed by atoms with Crippen molar-refractivity contribution in [3.63, 3.8) is 0 Å². The van der Waals surface area contributed by atoms with Gasteiger partial charge in [0, 0.05) is 25.0 Å². The second kappa shape index (κ2) is 7.79. The lowest BCUT2D eigenvalue weighted by atomic mass is 10.1. The molecule has 0 aliphatic carbocycles. The minimum absolute atomic E-state index is 0.0981. The second-order valence-corrected chi connectivity index (χ2v) is 6.10. The van der Waals surface area contributed by atoms with Gasteiger partial charge in [0.15, 0.2) is 0 Å².